The number of nitrogens with one attached hydrogen (secondary N) is 1. The van der Waals surface area contributed by atoms with Crippen molar-refractivity contribution in [2.45, 2.75) is 43.3 Å². The number of nitrogens with zero attached hydrogens (tertiary/aromatic N) is 4. The van der Waals surface area contributed by atoms with Crippen molar-refractivity contribution in [2.75, 3.05) is 51.9 Å². The van der Waals surface area contributed by atoms with Crippen LogP contribution in [0.1, 0.15) is 25.7 Å². The first-order valence-electron chi connectivity index (χ1n) is 14.6. The number of hydrogen-bond donors (Lipinski definition) is 2. The molecule has 220 valence electrons. The Balaban J connectivity index is 1.38. The fourth-order valence-corrected chi connectivity index (χ4v) is 7.43. The molecule has 3 aliphatic rings. The van der Waals surface area contributed by atoms with Gasteiger partial charge in [-0.2, -0.15) is 9.97 Å². The molecule has 8 nitrogen and oxygen atoms in total. The van der Waals surface area contributed by atoms with Crippen molar-refractivity contribution < 1.29 is 19.0 Å². The normalized spacial score (nSPS) is 24.2. The van der Waals surface area contributed by atoms with E-state index in [4.69, 9.17) is 26.1 Å². The minimum Gasteiger partial charge on any atom is -0.508 e. The molecule has 4 heterocycles. The summed E-state index contributed by atoms with van der Waals surface area (Å²) >= 11 is 6.87. The molecular weight excluding hydrogens is 557 g/mol. The maximum absolute atomic E-state index is 16.8. The summed E-state index contributed by atoms with van der Waals surface area (Å²) in [6, 6.07) is 13.4. The van der Waals surface area contributed by atoms with Crippen molar-refractivity contribution >= 4 is 39.1 Å². The minimum absolute atomic E-state index is 0.0343. The van der Waals surface area contributed by atoms with E-state index >= 15 is 4.39 Å². The van der Waals surface area contributed by atoms with Crippen molar-refractivity contribution in [3.63, 3.8) is 0 Å². The molecular formula is C32H35ClFN5O3. The van der Waals surface area contributed by atoms with Gasteiger partial charge >= 0.3 is 6.01 Å². The number of fused-ring (bicyclic) bond motifs is 4. The van der Waals surface area contributed by atoms with Gasteiger partial charge in [-0.15, -0.1) is 0 Å². The van der Waals surface area contributed by atoms with Gasteiger partial charge in [0.15, 0.2) is 5.82 Å². The van der Waals surface area contributed by atoms with Gasteiger partial charge in [-0.1, -0.05) is 35.9 Å². The molecule has 3 saturated heterocycles. The zero-order valence-corrected chi connectivity index (χ0v) is 24.6. The quantitative estimate of drug-likeness (QED) is 0.297. The predicted molar refractivity (Wildman–Crippen MR) is 163 cm³/mol. The van der Waals surface area contributed by atoms with Crippen LogP contribution in [0.4, 0.5) is 10.2 Å². The van der Waals surface area contributed by atoms with E-state index in [-0.39, 0.29) is 33.4 Å². The Hall–Kier alpha value is -3.24. The molecule has 2 N–H and O–H groups in total. The summed E-state index contributed by atoms with van der Waals surface area (Å²) in [6.07, 6.45) is 4.18. The fraction of sp³-hybridized carbons (Fsp3) is 0.438. The molecule has 0 saturated carbocycles. The first kappa shape index (κ1) is 27.6. The lowest BCUT2D eigenvalue weighted by atomic mass is 9.96. The summed E-state index contributed by atoms with van der Waals surface area (Å²) in [7, 11) is 3.77. The molecule has 7 rings (SSSR count). The molecule has 3 aliphatic heterocycles. The largest absolute Gasteiger partial charge is 0.508 e. The highest BCUT2D eigenvalue weighted by Crippen LogP contribution is 2.43. The summed E-state index contributed by atoms with van der Waals surface area (Å²) in [6.45, 7) is 3.32. The van der Waals surface area contributed by atoms with Crippen LogP contribution in [0.3, 0.4) is 0 Å². The predicted octanol–water partition coefficient (Wildman–Crippen LogP) is 5.38. The number of likely N-dealkylation sites (tertiary alicyclic amines) is 1. The van der Waals surface area contributed by atoms with Gasteiger partial charge in [0.2, 0.25) is 0 Å². The third kappa shape index (κ3) is 4.72. The number of anilines is 1. The van der Waals surface area contributed by atoms with Gasteiger partial charge in [0.25, 0.3) is 0 Å². The van der Waals surface area contributed by atoms with Gasteiger partial charge in [-0.3, -0.25) is 4.90 Å². The van der Waals surface area contributed by atoms with Gasteiger partial charge in [-0.05, 0) is 73.8 Å². The van der Waals surface area contributed by atoms with E-state index in [0.29, 0.717) is 42.1 Å². The molecule has 42 heavy (non-hydrogen) atoms. The zero-order chi connectivity index (χ0) is 29.0. The van der Waals surface area contributed by atoms with Crippen LogP contribution in [0.5, 0.6) is 11.8 Å². The molecule has 0 spiro atoms. The van der Waals surface area contributed by atoms with E-state index in [2.05, 4.69) is 27.1 Å². The lowest BCUT2D eigenvalue weighted by Crippen LogP contribution is -2.51. The molecule has 0 aliphatic carbocycles. The topological polar surface area (TPSA) is 83.0 Å². The highest BCUT2D eigenvalue weighted by Gasteiger charge is 2.40. The second kappa shape index (κ2) is 10.8. The van der Waals surface area contributed by atoms with E-state index in [9.17, 15) is 5.11 Å². The Morgan fingerprint density at radius 1 is 1.10 bits per heavy atom. The summed E-state index contributed by atoms with van der Waals surface area (Å²) in [5.74, 6) is 0.0959. The van der Waals surface area contributed by atoms with Crippen LogP contribution < -0.4 is 15.0 Å². The Bertz CT molecular complexity index is 1660. The lowest BCUT2D eigenvalue weighted by molar-refractivity contribution is 0.0159. The number of rotatable bonds is 7. The van der Waals surface area contributed by atoms with Crippen LogP contribution in [0, 0.1) is 5.82 Å². The van der Waals surface area contributed by atoms with Crippen LogP contribution in [-0.4, -0.2) is 84.6 Å². The number of phenolic OH excluding ortho intramolecular Hbond substituents is 1. The average Bonchev–Trinajstić information content (AvgIpc) is 3.51. The second-order valence-corrected chi connectivity index (χ2v) is 12.4. The molecule has 3 unspecified atom stereocenters. The standard InChI is InChI=1S/C32H35ClFN5O3/c1-38-11-5-10-32(38,17-41-2)18-42-31-36-29-25(30(37-31)39-15-20-8-9-21(16-39)35-20)14-26(33)27(28(29)34)24-13-22(40)12-19-6-3-4-7-23(19)24/h3-4,6-7,12-14,20-21,35,40H,5,8-11,15-18H2,1-2H3. The first-order valence-corrected chi connectivity index (χ1v) is 15.0. The average molecular weight is 592 g/mol. The molecule has 3 fully saturated rings. The maximum atomic E-state index is 16.8. The monoisotopic (exact) mass is 591 g/mol. The molecule has 0 amide bonds. The van der Waals surface area contributed by atoms with Crippen molar-refractivity contribution in [1.82, 2.24) is 20.2 Å². The zero-order valence-electron chi connectivity index (χ0n) is 23.9. The number of aromatic hydroxyl groups is 1. The second-order valence-electron chi connectivity index (χ2n) is 12.0. The highest BCUT2D eigenvalue weighted by atomic mass is 35.5. The number of likely N-dealkylation sites (N-methyl/N-ethyl adjacent to an activating group) is 1. The van der Waals surface area contributed by atoms with E-state index in [1.165, 1.54) is 0 Å². The van der Waals surface area contributed by atoms with Crippen LogP contribution in [0.2, 0.25) is 5.02 Å². The molecule has 3 atom stereocenters. The van der Waals surface area contributed by atoms with Crippen molar-refractivity contribution in [2.24, 2.45) is 0 Å². The minimum atomic E-state index is -0.565. The van der Waals surface area contributed by atoms with Gasteiger partial charge in [-0.25, -0.2) is 4.39 Å². The smallest absolute Gasteiger partial charge is 0.319 e. The van der Waals surface area contributed by atoms with E-state index in [1.54, 1.807) is 25.3 Å². The number of ether oxygens (including phenoxy) is 2. The SMILES string of the molecule is COCC1(COc2nc(N3CC4CCC(C3)N4)c3cc(Cl)c(-c4cc(O)cc5ccccc45)c(F)c3n2)CCCN1C. The van der Waals surface area contributed by atoms with Crippen molar-refractivity contribution in [3.05, 3.63) is 53.3 Å². The van der Waals surface area contributed by atoms with Crippen LogP contribution in [-0.2, 0) is 4.74 Å². The molecule has 4 aromatic rings. The molecule has 3 aromatic carbocycles. The Morgan fingerprint density at radius 2 is 1.88 bits per heavy atom. The van der Waals surface area contributed by atoms with E-state index < -0.39 is 5.82 Å². The number of aromatic nitrogens is 2. The number of benzene rings is 3. The Kier molecular flexibility index (Phi) is 7.09. The van der Waals surface area contributed by atoms with Crippen molar-refractivity contribution in [3.8, 4) is 22.9 Å². The van der Waals surface area contributed by atoms with Gasteiger partial charge in [0, 0.05) is 43.2 Å². The summed E-state index contributed by atoms with van der Waals surface area (Å²) in [5, 5.41) is 16.5. The molecule has 2 bridgehead atoms. The fourth-order valence-electron chi connectivity index (χ4n) is 7.13. The molecule has 1 aromatic heterocycles. The Labute approximate surface area is 249 Å². The van der Waals surface area contributed by atoms with E-state index in [1.807, 2.05) is 24.3 Å². The van der Waals surface area contributed by atoms with Gasteiger partial charge in [0.1, 0.15) is 23.7 Å². The third-order valence-electron chi connectivity index (χ3n) is 9.30. The van der Waals surface area contributed by atoms with Crippen LogP contribution in [0.25, 0.3) is 32.8 Å². The third-order valence-corrected chi connectivity index (χ3v) is 9.60. The number of phenols is 1. The Morgan fingerprint density at radius 3 is 2.62 bits per heavy atom. The number of hydrogen-bond acceptors (Lipinski definition) is 8. The first-order chi connectivity index (χ1) is 20.3. The van der Waals surface area contributed by atoms with Crippen LogP contribution >= 0.6 is 11.6 Å². The van der Waals surface area contributed by atoms with Crippen molar-refractivity contribution in [1.29, 1.82) is 0 Å². The summed E-state index contributed by atoms with van der Waals surface area (Å²) in [4.78, 5) is 14.0. The van der Waals surface area contributed by atoms with Gasteiger partial charge in [0.05, 0.1) is 17.2 Å². The molecule has 10 heteroatoms. The summed E-state index contributed by atoms with van der Waals surface area (Å²) < 4.78 is 28.7. The summed E-state index contributed by atoms with van der Waals surface area (Å²) in [5.41, 5.74) is 0.544. The highest BCUT2D eigenvalue weighted by molar-refractivity contribution is 6.35. The van der Waals surface area contributed by atoms with Crippen LogP contribution in [0.15, 0.2) is 42.5 Å². The molecule has 0 radical (unpaired) electrons. The van der Waals surface area contributed by atoms with E-state index in [0.717, 1.165) is 56.1 Å². The van der Waals surface area contributed by atoms with Gasteiger partial charge < -0.3 is 24.8 Å². The number of halogens is 2. The number of methoxy groups -OCH3 is 1. The number of piperazine rings is 1. The lowest BCUT2D eigenvalue weighted by Gasteiger charge is -2.35. The maximum Gasteiger partial charge on any atom is 0.319 e.